The first kappa shape index (κ1) is 20.8. The van der Waals surface area contributed by atoms with E-state index in [1.165, 1.54) is 0 Å². The predicted octanol–water partition coefficient (Wildman–Crippen LogP) is 2.38. The van der Waals surface area contributed by atoms with Gasteiger partial charge in [-0.25, -0.2) is 0 Å². The van der Waals surface area contributed by atoms with Crippen molar-refractivity contribution in [2.24, 2.45) is 4.40 Å². The van der Waals surface area contributed by atoms with Crippen molar-refractivity contribution in [3.8, 4) is 0 Å². The number of carbonyl (C=O) groups is 1. The second-order valence-corrected chi connectivity index (χ2v) is 8.80. The molecule has 7 nitrogen and oxygen atoms in total. The summed E-state index contributed by atoms with van der Waals surface area (Å²) >= 11 is 6.04. The van der Waals surface area contributed by atoms with Crippen molar-refractivity contribution >= 4 is 38.3 Å². The van der Waals surface area contributed by atoms with Crippen LogP contribution < -0.4 is 0 Å². The molecule has 1 aromatic rings. The first-order chi connectivity index (χ1) is 13.3. The van der Waals surface area contributed by atoms with Crippen molar-refractivity contribution < 1.29 is 17.9 Å². The van der Waals surface area contributed by atoms with Crippen molar-refractivity contribution in [3.63, 3.8) is 0 Å². The van der Waals surface area contributed by atoms with Crippen LogP contribution in [-0.2, 0) is 19.6 Å². The van der Waals surface area contributed by atoms with Gasteiger partial charge in [0, 0.05) is 43.9 Å². The van der Waals surface area contributed by atoms with E-state index in [-0.39, 0.29) is 10.8 Å². The molecule has 0 saturated carbocycles. The Balaban J connectivity index is 1.81. The summed E-state index contributed by atoms with van der Waals surface area (Å²) in [6, 6.07) is 6.78. The molecule has 3 rings (SSSR count). The number of halogens is 1. The summed E-state index contributed by atoms with van der Waals surface area (Å²) in [6.45, 7) is 4.51. The molecular formula is C19H24ClN3O4S. The van der Waals surface area contributed by atoms with Crippen molar-refractivity contribution in [2.75, 3.05) is 39.9 Å². The fourth-order valence-electron chi connectivity index (χ4n) is 3.54. The Morgan fingerprint density at radius 3 is 2.75 bits per heavy atom. The van der Waals surface area contributed by atoms with Crippen LogP contribution in [0, 0.1) is 0 Å². The maximum Gasteiger partial charge on any atom is 0.285 e. The third kappa shape index (κ3) is 4.39. The lowest BCUT2D eigenvalue weighted by Crippen LogP contribution is -2.37. The number of methoxy groups -OCH3 is 1. The smallest absolute Gasteiger partial charge is 0.285 e. The van der Waals surface area contributed by atoms with E-state index in [0.717, 1.165) is 6.42 Å². The number of sulfonamides is 1. The molecule has 0 unspecified atom stereocenters. The molecule has 1 amide bonds. The van der Waals surface area contributed by atoms with Crippen LogP contribution in [0.1, 0.15) is 25.3 Å². The second kappa shape index (κ2) is 8.63. The highest BCUT2D eigenvalue weighted by atomic mass is 35.5. The van der Waals surface area contributed by atoms with E-state index in [1.54, 1.807) is 43.2 Å². The molecular weight excluding hydrogens is 402 g/mol. The van der Waals surface area contributed by atoms with Gasteiger partial charge in [-0.2, -0.15) is 8.42 Å². The van der Waals surface area contributed by atoms with Crippen LogP contribution in [-0.4, -0.2) is 69.9 Å². The molecule has 0 N–H and O–H groups in total. The van der Waals surface area contributed by atoms with E-state index < -0.39 is 10.0 Å². The molecule has 1 saturated heterocycles. The van der Waals surface area contributed by atoms with Crippen LogP contribution in [0.25, 0.3) is 4.91 Å². The SMILES string of the molecule is COCCC(=O)N1CCCN(C2=NS(=O)(=O)C(c3cccc(Cl)c3)=C2C)CC1. The van der Waals surface area contributed by atoms with Crippen LogP contribution in [0.2, 0.25) is 5.02 Å². The number of rotatable bonds is 4. The quantitative estimate of drug-likeness (QED) is 0.740. The van der Waals surface area contributed by atoms with Gasteiger partial charge in [-0.1, -0.05) is 23.7 Å². The van der Waals surface area contributed by atoms with Gasteiger partial charge in [0.15, 0.2) is 0 Å². The summed E-state index contributed by atoms with van der Waals surface area (Å²) in [4.78, 5) is 16.2. The summed E-state index contributed by atoms with van der Waals surface area (Å²) in [7, 11) is -2.22. The van der Waals surface area contributed by atoms with Crippen LogP contribution in [0.3, 0.4) is 0 Å². The zero-order valence-corrected chi connectivity index (χ0v) is 17.6. The van der Waals surface area contributed by atoms with Gasteiger partial charge in [-0.3, -0.25) is 4.79 Å². The molecule has 1 aromatic carbocycles. The zero-order chi connectivity index (χ0) is 20.3. The summed E-state index contributed by atoms with van der Waals surface area (Å²) in [5.74, 6) is 0.512. The summed E-state index contributed by atoms with van der Waals surface area (Å²) in [5, 5.41) is 0.474. The molecule has 0 atom stereocenters. The molecule has 2 aliphatic rings. The molecule has 2 heterocycles. The van der Waals surface area contributed by atoms with Gasteiger partial charge in [0.25, 0.3) is 10.0 Å². The molecule has 9 heteroatoms. The Bertz CT molecular complexity index is 927. The molecule has 28 heavy (non-hydrogen) atoms. The van der Waals surface area contributed by atoms with E-state index in [1.807, 2.05) is 4.90 Å². The number of carbonyl (C=O) groups excluding carboxylic acids is 1. The van der Waals surface area contributed by atoms with Crippen molar-refractivity contribution in [1.29, 1.82) is 0 Å². The third-order valence-corrected chi connectivity index (χ3v) is 6.60. The molecule has 2 aliphatic heterocycles. The highest BCUT2D eigenvalue weighted by molar-refractivity contribution is 8.00. The predicted molar refractivity (Wildman–Crippen MR) is 110 cm³/mol. The first-order valence-corrected chi connectivity index (χ1v) is 11.0. The molecule has 0 spiro atoms. The summed E-state index contributed by atoms with van der Waals surface area (Å²) < 4.78 is 34.5. The van der Waals surface area contributed by atoms with E-state index >= 15 is 0 Å². The van der Waals surface area contributed by atoms with Crippen LogP contribution in [0.5, 0.6) is 0 Å². The largest absolute Gasteiger partial charge is 0.384 e. The fourth-order valence-corrected chi connectivity index (χ4v) is 5.20. The number of nitrogens with zero attached hydrogens (tertiary/aromatic N) is 3. The highest BCUT2D eigenvalue weighted by Gasteiger charge is 2.34. The number of amidine groups is 1. The van der Waals surface area contributed by atoms with E-state index in [9.17, 15) is 13.2 Å². The number of amides is 1. The topological polar surface area (TPSA) is 79.3 Å². The number of benzene rings is 1. The van der Waals surface area contributed by atoms with Gasteiger partial charge >= 0.3 is 0 Å². The monoisotopic (exact) mass is 425 g/mol. The first-order valence-electron chi connectivity index (χ1n) is 9.17. The maximum atomic E-state index is 12.7. The van der Waals surface area contributed by atoms with Crippen molar-refractivity contribution in [2.45, 2.75) is 19.8 Å². The number of hydrogen-bond donors (Lipinski definition) is 0. The Morgan fingerprint density at radius 1 is 1.25 bits per heavy atom. The lowest BCUT2D eigenvalue weighted by molar-refractivity contribution is -0.131. The minimum atomic E-state index is -3.79. The average molecular weight is 426 g/mol. The second-order valence-electron chi connectivity index (χ2n) is 6.82. The van der Waals surface area contributed by atoms with E-state index in [2.05, 4.69) is 4.40 Å². The van der Waals surface area contributed by atoms with Crippen molar-refractivity contribution in [1.82, 2.24) is 9.80 Å². The van der Waals surface area contributed by atoms with Gasteiger partial charge in [0.1, 0.15) is 10.7 Å². The number of hydrogen-bond acceptors (Lipinski definition) is 5. The van der Waals surface area contributed by atoms with Crippen LogP contribution >= 0.6 is 11.6 Å². The normalized spacial score (nSPS) is 19.6. The minimum absolute atomic E-state index is 0.0524. The molecule has 0 radical (unpaired) electrons. The third-order valence-electron chi connectivity index (χ3n) is 4.90. The molecule has 0 aliphatic carbocycles. The zero-order valence-electron chi connectivity index (χ0n) is 16.0. The standard InChI is InChI=1S/C19H24ClN3O4S/c1-14-18(15-5-3-6-16(20)13-15)28(25,26)21-19(14)23-9-4-8-22(10-11-23)17(24)7-12-27-2/h3,5-6,13H,4,7-12H2,1-2H3. The fraction of sp³-hybridized carbons (Fsp3) is 0.474. The highest BCUT2D eigenvalue weighted by Crippen LogP contribution is 2.34. The lowest BCUT2D eigenvalue weighted by Gasteiger charge is -2.23. The van der Waals surface area contributed by atoms with Gasteiger partial charge in [0.2, 0.25) is 5.91 Å². The van der Waals surface area contributed by atoms with Gasteiger partial charge in [-0.15, -0.1) is 4.40 Å². The molecule has 0 aromatic heterocycles. The molecule has 0 bridgehead atoms. The Hall–Kier alpha value is -1.90. The van der Waals surface area contributed by atoms with Gasteiger partial charge < -0.3 is 14.5 Å². The minimum Gasteiger partial charge on any atom is -0.384 e. The average Bonchev–Trinajstić information content (AvgIpc) is 2.81. The lowest BCUT2D eigenvalue weighted by atomic mass is 10.1. The Kier molecular flexibility index (Phi) is 6.42. The Labute approximate surface area is 170 Å². The number of ether oxygens (including phenoxy) is 1. The van der Waals surface area contributed by atoms with Gasteiger partial charge in [0.05, 0.1) is 13.0 Å². The van der Waals surface area contributed by atoms with Crippen LogP contribution in [0.15, 0.2) is 34.2 Å². The molecule has 152 valence electrons. The van der Waals surface area contributed by atoms with E-state index in [0.29, 0.717) is 61.2 Å². The Morgan fingerprint density at radius 2 is 2.04 bits per heavy atom. The van der Waals surface area contributed by atoms with Crippen molar-refractivity contribution in [3.05, 3.63) is 40.4 Å². The summed E-state index contributed by atoms with van der Waals surface area (Å²) in [5.41, 5.74) is 1.15. The molecule has 1 fully saturated rings. The van der Waals surface area contributed by atoms with Gasteiger partial charge in [-0.05, 0) is 31.0 Å². The summed E-state index contributed by atoms with van der Waals surface area (Å²) in [6.07, 6.45) is 1.10. The van der Waals surface area contributed by atoms with Crippen LogP contribution in [0.4, 0.5) is 0 Å². The maximum absolute atomic E-state index is 12.7. The van der Waals surface area contributed by atoms with E-state index in [4.69, 9.17) is 16.3 Å².